The van der Waals surface area contributed by atoms with Crippen molar-refractivity contribution in [3.63, 3.8) is 0 Å². The van der Waals surface area contributed by atoms with Crippen molar-refractivity contribution < 1.29 is 4.42 Å². The van der Waals surface area contributed by atoms with Crippen LogP contribution in [-0.2, 0) is 5.41 Å². The van der Waals surface area contributed by atoms with E-state index in [9.17, 15) is 0 Å². The van der Waals surface area contributed by atoms with Crippen molar-refractivity contribution in [1.29, 1.82) is 0 Å². The quantitative estimate of drug-likeness (QED) is 0.713. The van der Waals surface area contributed by atoms with Gasteiger partial charge in [-0.2, -0.15) is 0 Å². The summed E-state index contributed by atoms with van der Waals surface area (Å²) in [6, 6.07) is 4.16. The molecular weight excluding hydrogens is 198 g/mol. The topological polar surface area (TPSA) is 16.4 Å². The first-order chi connectivity index (χ1) is 6.39. The molecule has 14 heavy (non-hydrogen) atoms. The summed E-state index contributed by atoms with van der Waals surface area (Å²) >= 11 is 0. The molecule has 0 radical (unpaired) electrons. The number of furan rings is 1. The van der Waals surface area contributed by atoms with Crippen LogP contribution in [0.4, 0.5) is 0 Å². The number of halogens is 1. The molecule has 0 aromatic carbocycles. The Morgan fingerprint density at radius 2 is 2.21 bits per heavy atom. The first-order valence-electron chi connectivity index (χ1n) is 5.15. The Hall–Kier alpha value is -0.470. The van der Waals surface area contributed by atoms with Gasteiger partial charge in [-0.3, -0.25) is 0 Å². The number of piperidine rings is 1. The third kappa shape index (κ3) is 1.37. The molecule has 0 N–H and O–H groups in total. The van der Waals surface area contributed by atoms with E-state index in [2.05, 4.69) is 11.0 Å². The number of fused-ring (bicyclic) bond motifs is 2. The Kier molecular flexibility index (Phi) is 2.58. The van der Waals surface area contributed by atoms with E-state index >= 15 is 0 Å². The number of rotatable bonds is 1. The van der Waals surface area contributed by atoms with Crippen LogP contribution in [0.15, 0.2) is 22.8 Å². The zero-order chi connectivity index (χ0) is 8.73. The first kappa shape index (κ1) is 10.1. The Morgan fingerprint density at radius 1 is 1.29 bits per heavy atom. The summed E-state index contributed by atoms with van der Waals surface area (Å²) in [7, 11) is 0. The van der Waals surface area contributed by atoms with E-state index in [1.54, 1.807) is 6.26 Å². The van der Waals surface area contributed by atoms with E-state index in [4.69, 9.17) is 4.42 Å². The van der Waals surface area contributed by atoms with Crippen LogP contribution in [0.2, 0.25) is 0 Å². The van der Waals surface area contributed by atoms with Gasteiger partial charge < -0.3 is 9.32 Å². The lowest BCUT2D eigenvalue weighted by Crippen LogP contribution is -2.36. The van der Waals surface area contributed by atoms with Crippen LogP contribution in [0.3, 0.4) is 0 Å². The molecule has 2 unspecified atom stereocenters. The van der Waals surface area contributed by atoms with Crippen LogP contribution >= 0.6 is 12.4 Å². The summed E-state index contributed by atoms with van der Waals surface area (Å²) in [6.07, 6.45) is 5.75. The van der Waals surface area contributed by atoms with Gasteiger partial charge >= 0.3 is 0 Å². The molecule has 0 saturated carbocycles. The van der Waals surface area contributed by atoms with Gasteiger partial charge in [-0.05, 0) is 44.5 Å². The summed E-state index contributed by atoms with van der Waals surface area (Å²) in [4.78, 5) is 2.56. The van der Waals surface area contributed by atoms with Crippen LogP contribution < -0.4 is 0 Å². The Bertz CT molecular complexity index is 294. The zero-order valence-electron chi connectivity index (χ0n) is 8.24. The Morgan fingerprint density at radius 3 is 3.00 bits per heavy atom. The van der Waals surface area contributed by atoms with Crippen molar-refractivity contribution in [2.45, 2.75) is 24.7 Å². The van der Waals surface area contributed by atoms with Crippen molar-refractivity contribution in [1.82, 2.24) is 4.90 Å². The molecular formula is C11H16ClNO. The lowest BCUT2D eigenvalue weighted by Gasteiger charge is -2.31. The van der Waals surface area contributed by atoms with Gasteiger partial charge in [0.2, 0.25) is 0 Å². The number of nitrogens with zero attached hydrogens (tertiary/aromatic N) is 1. The minimum absolute atomic E-state index is 0. The van der Waals surface area contributed by atoms with E-state index < -0.39 is 0 Å². The normalized spacial score (nSPS) is 35.3. The molecule has 3 rings (SSSR count). The lowest BCUT2D eigenvalue weighted by atomic mass is 9.79. The molecule has 2 nitrogen and oxygen atoms in total. The van der Waals surface area contributed by atoms with Crippen molar-refractivity contribution in [3.8, 4) is 0 Å². The minimum atomic E-state index is 0. The van der Waals surface area contributed by atoms with Crippen molar-refractivity contribution in [2.24, 2.45) is 0 Å². The average Bonchev–Trinajstić information content (AvgIpc) is 2.75. The van der Waals surface area contributed by atoms with Gasteiger partial charge in [-0.15, -0.1) is 12.4 Å². The summed E-state index contributed by atoms with van der Waals surface area (Å²) in [5, 5.41) is 0. The van der Waals surface area contributed by atoms with Crippen LogP contribution in [0, 0.1) is 0 Å². The van der Waals surface area contributed by atoms with E-state index in [1.807, 2.05) is 6.07 Å². The van der Waals surface area contributed by atoms with Crippen LogP contribution in [0.25, 0.3) is 0 Å². The highest BCUT2D eigenvalue weighted by molar-refractivity contribution is 5.85. The monoisotopic (exact) mass is 213 g/mol. The van der Waals surface area contributed by atoms with Gasteiger partial charge in [0, 0.05) is 12.0 Å². The number of hydrogen-bond acceptors (Lipinski definition) is 2. The molecule has 0 amide bonds. The fourth-order valence-corrected chi connectivity index (χ4v) is 2.90. The highest BCUT2D eigenvalue weighted by atomic mass is 35.5. The maximum absolute atomic E-state index is 5.57. The first-order valence-corrected chi connectivity index (χ1v) is 5.15. The van der Waals surface area contributed by atoms with Gasteiger partial charge in [-0.1, -0.05) is 0 Å². The van der Waals surface area contributed by atoms with Crippen molar-refractivity contribution >= 4 is 12.4 Å². The molecule has 0 spiro atoms. The summed E-state index contributed by atoms with van der Waals surface area (Å²) in [5.74, 6) is 1.22. The fourth-order valence-electron chi connectivity index (χ4n) is 2.90. The number of hydrogen-bond donors (Lipinski definition) is 0. The summed E-state index contributed by atoms with van der Waals surface area (Å²) in [6.45, 7) is 3.78. The highest BCUT2D eigenvalue weighted by Crippen LogP contribution is 2.41. The predicted molar refractivity (Wildman–Crippen MR) is 57.9 cm³/mol. The molecule has 2 aliphatic rings. The lowest BCUT2D eigenvalue weighted by molar-refractivity contribution is 0.220. The second-order valence-corrected chi connectivity index (χ2v) is 4.39. The molecule has 2 saturated heterocycles. The van der Waals surface area contributed by atoms with Crippen LogP contribution in [0.1, 0.15) is 25.0 Å². The van der Waals surface area contributed by atoms with Gasteiger partial charge in [0.1, 0.15) is 5.76 Å². The average molecular weight is 214 g/mol. The maximum atomic E-state index is 5.57. The van der Waals surface area contributed by atoms with Crippen LogP contribution in [0.5, 0.6) is 0 Å². The van der Waals surface area contributed by atoms with Crippen LogP contribution in [-0.4, -0.2) is 24.5 Å². The molecule has 2 atom stereocenters. The van der Waals surface area contributed by atoms with E-state index in [-0.39, 0.29) is 12.4 Å². The molecule has 2 bridgehead atoms. The van der Waals surface area contributed by atoms with Gasteiger partial charge in [-0.25, -0.2) is 0 Å². The van der Waals surface area contributed by atoms with Gasteiger partial charge in [0.15, 0.2) is 0 Å². The van der Waals surface area contributed by atoms with Crippen molar-refractivity contribution in [3.05, 3.63) is 24.2 Å². The standard InChI is InChI=1S/C11H15NO.ClH/c1-3-10(13-8-1)11-4-2-6-12(9-11)7-5-11;/h1,3,8H,2,4-7,9H2;1H. The van der Waals surface area contributed by atoms with E-state index in [0.717, 1.165) is 0 Å². The second kappa shape index (κ2) is 3.59. The van der Waals surface area contributed by atoms with Gasteiger partial charge in [0.05, 0.1) is 6.26 Å². The fraction of sp³-hybridized carbons (Fsp3) is 0.636. The smallest absolute Gasteiger partial charge is 0.111 e. The summed E-state index contributed by atoms with van der Waals surface area (Å²) < 4.78 is 5.57. The third-order valence-corrected chi connectivity index (χ3v) is 3.61. The maximum Gasteiger partial charge on any atom is 0.111 e. The Balaban J connectivity index is 0.000000750. The molecule has 2 aliphatic heterocycles. The highest BCUT2D eigenvalue weighted by Gasteiger charge is 2.43. The third-order valence-electron chi connectivity index (χ3n) is 3.61. The molecule has 3 heteroatoms. The molecule has 0 aliphatic carbocycles. The molecule has 1 aromatic rings. The molecule has 1 aromatic heterocycles. The van der Waals surface area contributed by atoms with E-state index in [0.29, 0.717) is 5.41 Å². The van der Waals surface area contributed by atoms with Gasteiger partial charge in [0.25, 0.3) is 0 Å². The minimum Gasteiger partial charge on any atom is -0.469 e. The molecule has 3 heterocycles. The Labute approximate surface area is 90.7 Å². The predicted octanol–water partition coefficient (Wildman–Crippen LogP) is 2.44. The van der Waals surface area contributed by atoms with Crippen molar-refractivity contribution in [2.75, 3.05) is 19.6 Å². The second-order valence-electron chi connectivity index (χ2n) is 4.39. The molecule has 78 valence electrons. The summed E-state index contributed by atoms with van der Waals surface area (Å²) in [5.41, 5.74) is 0.377. The zero-order valence-corrected chi connectivity index (χ0v) is 9.05. The molecule has 2 fully saturated rings. The largest absolute Gasteiger partial charge is 0.469 e. The van der Waals surface area contributed by atoms with E-state index in [1.165, 1.54) is 44.7 Å². The SMILES string of the molecule is Cl.c1coc(C23CCCN(CC2)C3)c1.